The van der Waals surface area contributed by atoms with E-state index in [1.807, 2.05) is 12.1 Å². The molecule has 102 valence electrons. The summed E-state index contributed by atoms with van der Waals surface area (Å²) in [5.41, 5.74) is 7.47. The number of hydrogen-bond donors (Lipinski definition) is 1. The van der Waals surface area contributed by atoms with Gasteiger partial charge in [0.1, 0.15) is 0 Å². The molecule has 2 aromatic rings. The van der Waals surface area contributed by atoms with Crippen LogP contribution >= 0.6 is 11.6 Å². The molecule has 1 heterocycles. The van der Waals surface area contributed by atoms with E-state index in [0.29, 0.717) is 16.5 Å². The van der Waals surface area contributed by atoms with Crippen molar-refractivity contribution in [3.8, 4) is 11.4 Å². The molecule has 0 aliphatic rings. The van der Waals surface area contributed by atoms with E-state index < -0.39 is 0 Å². The largest absolute Gasteiger partial charge is 0.399 e. The van der Waals surface area contributed by atoms with Crippen LogP contribution in [0.25, 0.3) is 11.4 Å². The predicted molar refractivity (Wildman–Crippen MR) is 76.7 cm³/mol. The van der Waals surface area contributed by atoms with Crippen LogP contribution in [0.4, 0.5) is 5.69 Å². The Morgan fingerprint density at radius 1 is 1.26 bits per heavy atom. The van der Waals surface area contributed by atoms with Crippen molar-refractivity contribution in [2.75, 3.05) is 5.73 Å². The standard InChI is InChI=1S/C13H18ClN5/c1-13(2,3)4-5-19-12(16-17-18-19)9-6-10(14)8-11(15)7-9/h6-8H,4-5,15H2,1-3H3. The molecule has 5 nitrogen and oxygen atoms in total. The average Bonchev–Trinajstić information content (AvgIpc) is 2.72. The fourth-order valence-corrected chi connectivity index (χ4v) is 1.99. The predicted octanol–water partition coefficient (Wildman–Crippen LogP) is 3.01. The number of rotatable bonds is 3. The first kappa shape index (κ1) is 13.8. The van der Waals surface area contributed by atoms with Gasteiger partial charge >= 0.3 is 0 Å². The topological polar surface area (TPSA) is 69.6 Å². The average molecular weight is 280 g/mol. The minimum atomic E-state index is 0.233. The van der Waals surface area contributed by atoms with Gasteiger partial charge in [-0.1, -0.05) is 32.4 Å². The Morgan fingerprint density at radius 3 is 2.63 bits per heavy atom. The first-order chi connectivity index (χ1) is 8.85. The van der Waals surface area contributed by atoms with E-state index in [0.717, 1.165) is 18.5 Å². The van der Waals surface area contributed by atoms with Crippen molar-refractivity contribution in [2.45, 2.75) is 33.7 Å². The number of aryl methyl sites for hydroxylation is 1. The van der Waals surface area contributed by atoms with Crippen molar-refractivity contribution in [1.82, 2.24) is 20.2 Å². The third-order valence-electron chi connectivity index (χ3n) is 2.78. The Bertz CT molecular complexity index is 550. The zero-order valence-electron chi connectivity index (χ0n) is 11.4. The third kappa shape index (κ3) is 3.67. The van der Waals surface area contributed by atoms with Gasteiger partial charge in [-0.2, -0.15) is 0 Å². The fraction of sp³-hybridized carbons (Fsp3) is 0.462. The quantitative estimate of drug-likeness (QED) is 0.877. The van der Waals surface area contributed by atoms with Crippen LogP contribution in [0, 0.1) is 5.41 Å². The fourth-order valence-electron chi connectivity index (χ4n) is 1.74. The number of aromatic nitrogens is 4. The molecule has 0 amide bonds. The first-order valence-electron chi connectivity index (χ1n) is 6.18. The maximum absolute atomic E-state index is 6.01. The highest BCUT2D eigenvalue weighted by Gasteiger charge is 2.14. The lowest BCUT2D eigenvalue weighted by molar-refractivity contribution is 0.340. The number of halogens is 1. The molecule has 0 aliphatic carbocycles. The Labute approximate surface area is 117 Å². The van der Waals surface area contributed by atoms with Crippen LogP contribution in [0.1, 0.15) is 27.2 Å². The normalized spacial score (nSPS) is 11.8. The second-order valence-electron chi connectivity index (χ2n) is 5.81. The van der Waals surface area contributed by atoms with Crippen LogP contribution in [-0.2, 0) is 6.54 Å². The van der Waals surface area contributed by atoms with E-state index in [9.17, 15) is 0 Å². The molecule has 0 bridgehead atoms. The summed E-state index contributed by atoms with van der Waals surface area (Å²) in [6.07, 6.45) is 0.987. The molecular weight excluding hydrogens is 262 g/mol. The summed E-state index contributed by atoms with van der Waals surface area (Å²) in [5.74, 6) is 0.693. The van der Waals surface area contributed by atoms with E-state index in [1.165, 1.54) is 0 Å². The van der Waals surface area contributed by atoms with Gasteiger partial charge in [-0.3, -0.25) is 0 Å². The lowest BCUT2D eigenvalue weighted by atomic mass is 9.92. The number of benzene rings is 1. The number of anilines is 1. The van der Waals surface area contributed by atoms with Crippen molar-refractivity contribution in [3.05, 3.63) is 23.2 Å². The smallest absolute Gasteiger partial charge is 0.182 e. The summed E-state index contributed by atoms with van der Waals surface area (Å²) in [4.78, 5) is 0. The maximum atomic E-state index is 6.01. The lowest BCUT2D eigenvalue weighted by Crippen LogP contribution is -2.12. The molecule has 0 aliphatic heterocycles. The Kier molecular flexibility index (Phi) is 3.75. The molecule has 6 heteroatoms. The van der Waals surface area contributed by atoms with E-state index in [1.54, 1.807) is 10.7 Å². The van der Waals surface area contributed by atoms with Crippen LogP contribution < -0.4 is 5.73 Å². The van der Waals surface area contributed by atoms with Crippen LogP contribution in [-0.4, -0.2) is 20.2 Å². The Morgan fingerprint density at radius 2 is 2.00 bits per heavy atom. The summed E-state index contributed by atoms with van der Waals surface area (Å²) < 4.78 is 1.79. The van der Waals surface area contributed by atoms with Crippen LogP contribution in [0.3, 0.4) is 0 Å². The Hall–Kier alpha value is -1.62. The van der Waals surface area contributed by atoms with Crippen molar-refractivity contribution >= 4 is 17.3 Å². The van der Waals surface area contributed by atoms with Gasteiger partial charge in [-0.25, -0.2) is 4.68 Å². The van der Waals surface area contributed by atoms with Crippen molar-refractivity contribution in [2.24, 2.45) is 5.41 Å². The SMILES string of the molecule is CC(C)(C)CCn1nnnc1-c1cc(N)cc(Cl)c1. The molecule has 1 aromatic carbocycles. The molecule has 0 saturated heterocycles. The summed E-state index contributed by atoms with van der Waals surface area (Å²) in [5, 5.41) is 12.4. The van der Waals surface area contributed by atoms with Gasteiger partial charge in [-0.05, 0) is 40.5 Å². The van der Waals surface area contributed by atoms with Crippen molar-refractivity contribution in [3.63, 3.8) is 0 Å². The molecule has 2 rings (SSSR count). The van der Waals surface area contributed by atoms with Gasteiger partial charge in [-0.15, -0.1) is 5.10 Å². The molecule has 0 saturated carbocycles. The summed E-state index contributed by atoms with van der Waals surface area (Å²) in [6, 6.07) is 5.34. The molecule has 0 spiro atoms. The Balaban J connectivity index is 2.28. The van der Waals surface area contributed by atoms with Crippen LogP contribution in [0.15, 0.2) is 18.2 Å². The number of hydrogen-bond acceptors (Lipinski definition) is 4. The summed E-state index contributed by atoms with van der Waals surface area (Å²) in [6.45, 7) is 7.33. The highest BCUT2D eigenvalue weighted by Crippen LogP contribution is 2.25. The number of tetrazole rings is 1. The molecule has 0 atom stereocenters. The van der Waals surface area contributed by atoms with Gasteiger partial charge in [0.15, 0.2) is 5.82 Å². The zero-order valence-corrected chi connectivity index (χ0v) is 12.1. The number of nitrogens with zero attached hydrogens (tertiary/aromatic N) is 4. The number of nitrogens with two attached hydrogens (primary N) is 1. The first-order valence-corrected chi connectivity index (χ1v) is 6.55. The van der Waals surface area contributed by atoms with Gasteiger partial charge in [0.2, 0.25) is 0 Å². The van der Waals surface area contributed by atoms with Gasteiger partial charge in [0.25, 0.3) is 0 Å². The van der Waals surface area contributed by atoms with Gasteiger partial charge < -0.3 is 5.73 Å². The highest BCUT2D eigenvalue weighted by molar-refractivity contribution is 6.31. The van der Waals surface area contributed by atoms with Gasteiger partial charge in [0.05, 0.1) is 0 Å². The minimum Gasteiger partial charge on any atom is -0.399 e. The number of nitrogen functional groups attached to an aromatic ring is 1. The van der Waals surface area contributed by atoms with Crippen LogP contribution in [0.2, 0.25) is 5.02 Å². The molecule has 19 heavy (non-hydrogen) atoms. The third-order valence-corrected chi connectivity index (χ3v) is 3.00. The van der Waals surface area contributed by atoms with Gasteiger partial charge in [0, 0.05) is 22.8 Å². The van der Waals surface area contributed by atoms with Crippen molar-refractivity contribution < 1.29 is 0 Å². The lowest BCUT2D eigenvalue weighted by Gasteiger charge is -2.17. The van der Waals surface area contributed by atoms with Crippen molar-refractivity contribution in [1.29, 1.82) is 0 Å². The van der Waals surface area contributed by atoms with Crippen LogP contribution in [0.5, 0.6) is 0 Å². The summed E-state index contributed by atoms with van der Waals surface area (Å²) >= 11 is 6.01. The molecule has 1 aromatic heterocycles. The van der Waals surface area contributed by atoms with E-state index >= 15 is 0 Å². The monoisotopic (exact) mass is 279 g/mol. The zero-order chi connectivity index (χ0) is 14.0. The van der Waals surface area contributed by atoms with E-state index in [-0.39, 0.29) is 5.41 Å². The summed E-state index contributed by atoms with van der Waals surface area (Å²) in [7, 11) is 0. The molecule has 0 unspecified atom stereocenters. The molecule has 0 radical (unpaired) electrons. The molecule has 2 N–H and O–H groups in total. The van der Waals surface area contributed by atoms with E-state index in [2.05, 4.69) is 36.3 Å². The second-order valence-corrected chi connectivity index (χ2v) is 6.25. The second kappa shape index (κ2) is 5.17. The molecule has 0 fully saturated rings. The maximum Gasteiger partial charge on any atom is 0.182 e. The van der Waals surface area contributed by atoms with E-state index in [4.69, 9.17) is 17.3 Å². The minimum absolute atomic E-state index is 0.233. The highest BCUT2D eigenvalue weighted by atomic mass is 35.5. The molecular formula is C13H18ClN5.